The molecule has 1 heterocycles. The van der Waals surface area contributed by atoms with Crippen molar-refractivity contribution >= 4 is 16.9 Å². The second kappa shape index (κ2) is 3.61. The predicted molar refractivity (Wildman–Crippen MR) is 53.7 cm³/mol. The summed E-state index contributed by atoms with van der Waals surface area (Å²) in [5, 5.41) is 22.8. The number of rotatable bonds is 3. The van der Waals surface area contributed by atoms with Crippen molar-refractivity contribution in [3.05, 3.63) is 24.4 Å². The number of nitrogens with zero attached hydrogens (tertiary/aromatic N) is 2. The fraction of sp³-hybridized carbons (Fsp3) is 0.200. The largest absolute Gasteiger partial charge is 0.508 e. The van der Waals surface area contributed by atoms with E-state index in [9.17, 15) is 9.90 Å². The molecular formula is C10H10N2O3. The van der Waals surface area contributed by atoms with Gasteiger partial charge in [0, 0.05) is 11.5 Å². The van der Waals surface area contributed by atoms with Gasteiger partial charge in [-0.1, -0.05) is 0 Å². The molecule has 0 saturated heterocycles. The standard InChI is InChI=1S/C10H10N2O3/c13-8-2-1-7-6-11-12(9(7)5-8)4-3-10(14)15/h1-2,5-6,13H,3-4H2,(H,14,15). The lowest BCUT2D eigenvalue weighted by molar-refractivity contribution is -0.137. The van der Waals surface area contributed by atoms with E-state index in [0.717, 1.165) is 10.9 Å². The Morgan fingerprint density at radius 2 is 2.27 bits per heavy atom. The zero-order chi connectivity index (χ0) is 10.8. The lowest BCUT2D eigenvalue weighted by Gasteiger charge is -2.00. The topological polar surface area (TPSA) is 75.3 Å². The third-order valence-electron chi connectivity index (χ3n) is 2.17. The molecule has 0 spiro atoms. The van der Waals surface area contributed by atoms with Crippen LogP contribution in [0.5, 0.6) is 5.75 Å². The van der Waals surface area contributed by atoms with E-state index < -0.39 is 5.97 Å². The quantitative estimate of drug-likeness (QED) is 0.791. The number of phenols is 1. The zero-order valence-electron chi connectivity index (χ0n) is 7.92. The lowest BCUT2D eigenvalue weighted by atomic mass is 10.2. The molecule has 0 aliphatic rings. The van der Waals surface area contributed by atoms with Gasteiger partial charge in [-0.15, -0.1) is 0 Å². The Hall–Kier alpha value is -2.04. The van der Waals surface area contributed by atoms with Crippen molar-refractivity contribution in [3.63, 3.8) is 0 Å². The summed E-state index contributed by atoms with van der Waals surface area (Å²) in [6.45, 7) is 0.308. The van der Waals surface area contributed by atoms with Gasteiger partial charge in [-0.25, -0.2) is 0 Å². The summed E-state index contributed by atoms with van der Waals surface area (Å²) in [5.41, 5.74) is 0.747. The van der Waals surface area contributed by atoms with Crippen LogP contribution in [0.3, 0.4) is 0 Å². The number of hydrogen-bond donors (Lipinski definition) is 2. The van der Waals surface area contributed by atoms with E-state index in [0.29, 0.717) is 6.54 Å². The molecule has 78 valence electrons. The van der Waals surface area contributed by atoms with Crippen LogP contribution in [0.15, 0.2) is 24.4 Å². The minimum atomic E-state index is -0.862. The molecule has 2 rings (SSSR count). The molecule has 5 nitrogen and oxygen atoms in total. The van der Waals surface area contributed by atoms with Gasteiger partial charge in [0.25, 0.3) is 0 Å². The monoisotopic (exact) mass is 206 g/mol. The molecule has 15 heavy (non-hydrogen) atoms. The maximum atomic E-state index is 10.4. The fourth-order valence-corrected chi connectivity index (χ4v) is 1.44. The summed E-state index contributed by atoms with van der Waals surface area (Å²) >= 11 is 0. The molecule has 2 aromatic rings. The Kier molecular flexibility index (Phi) is 2.29. The van der Waals surface area contributed by atoms with Crippen LogP contribution < -0.4 is 0 Å². The van der Waals surface area contributed by atoms with Gasteiger partial charge in [0.1, 0.15) is 5.75 Å². The van der Waals surface area contributed by atoms with E-state index in [2.05, 4.69) is 5.10 Å². The maximum Gasteiger partial charge on any atom is 0.305 e. The van der Waals surface area contributed by atoms with E-state index in [1.54, 1.807) is 29.1 Å². The zero-order valence-corrected chi connectivity index (χ0v) is 7.92. The molecule has 0 saturated carbocycles. The van der Waals surface area contributed by atoms with Crippen molar-refractivity contribution in [2.45, 2.75) is 13.0 Å². The average Bonchev–Trinajstić information content (AvgIpc) is 2.57. The van der Waals surface area contributed by atoms with Gasteiger partial charge < -0.3 is 10.2 Å². The second-order valence-electron chi connectivity index (χ2n) is 3.25. The number of carboxylic acids is 1. The van der Waals surface area contributed by atoms with Crippen LogP contribution in [0.1, 0.15) is 6.42 Å². The molecule has 1 aromatic carbocycles. The van der Waals surface area contributed by atoms with Gasteiger partial charge >= 0.3 is 5.97 Å². The molecule has 0 atom stereocenters. The molecule has 1 aromatic heterocycles. The molecule has 0 radical (unpaired) electrons. The van der Waals surface area contributed by atoms with Crippen LogP contribution in [0, 0.1) is 0 Å². The molecule has 0 bridgehead atoms. The average molecular weight is 206 g/mol. The molecule has 0 unspecified atom stereocenters. The number of phenolic OH excluding ortho intramolecular Hbond substituents is 1. The molecule has 2 N–H and O–H groups in total. The van der Waals surface area contributed by atoms with Crippen molar-refractivity contribution in [2.24, 2.45) is 0 Å². The summed E-state index contributed by atoms with van der Waals surface area (Å²) in [6.07, 6.45) is 1.67. The maximum absolute atomic E-state index is 10.4. The minimum Gasteiger partial charge on any atom is -0.508 e. The highest BCUT2D eigenvalue weighted by Crippen LogP contribution is 2.19. The van der Waals surface area contributed by atoms with Crippen LogP contribution in [0.25, 0.3) is 10.9 Å². The number of carboxylic acid groups (broad SMARTS) is 1. The van der Waals surface area contributed by atoms with Gasteiger partial charge in [0.2, 0.25) is 0 Å². The molecule has 0 aliphatic heterocycles. The summed E-state index contributed by atoms with van der Waals surface area (Å²) in [6, 6.07) is 4.89. The number of aryl methyl sites for hydroxylation is 1. The molecule has 0 amide bonds. The normalized spacial score (nSPS) is 10.7. The van der Waals surface area contributed by atoms with Gasteiger partial charge in [0.15, 0.2) is 0 Å². The summed E-state index contributed by atoms with van der Waals surface area (Å²) in [5.74, 6) is -0.710. The number of hydrogen-bond acceptors (Lipinski definition) is 3. The highest BCUT2D eigenvalue weighted by atomic mass is 16.4. The highest BCUT2D eigenvalue weighted by molar-refractivity contribution is 5.80. The van der Waals surface area contributed by atoms with Gasteiger partial charge in [-0.2, -0.15) is 5.10 Å². The van der Waals surface area contributed by atoms with Crippen LogP contribution >= 0.6 is 0 Å². The van der Waals surface area contributed by atoms with Crippen LogP contribution in [-0.4, -0.2) is 26.0 Å². The molecule has 0 aliphatic carbocycles. The van der Waals surface area contributed by atoms with Crippen molar-refractivity contribution in [1.29, 1.82) is 0 Å². The van der Waals surface area contributed by atoms with Crippen molar-refractivity contribution < 1.29 is 15.0 Å². The third-order valence-corrected chi connectivity index (χ3v) is 2.17. The predicted octanol–water partition coefficient (Wildman–Crippen LogP) is 1.22. The fourth-order valence-electron chi connectivity index (χ4n) is 1.44. The van der Waals surface area contributed by atoms with Crippen molar-refractivity contribution in [2.75, 3.05) is 0 Å². The van der Waals surface area contributed by atoms with E-state index in [4.69, 9.17) is 5.11 Å². The van der Waals surface area contributed by atoms with Gasteiger partial charge in [0.05, 0.1) is 24.7 Å². The number of aliphatic carboxylic acids is 1. The van der Waals surface area contributed by atoms with Crippen LogP contribution in [0.2, 0.25) is 0 Å². The third kappa shape index (κ3) is 1.90. The first-order valence-corrected chi connectivity index (χ1v) is 4.53. The number of fused-ring (bicyclic) bond motifs is 1. The Bertz CT molecular complexity index is 504. The van der Waals surface area contributed by atoms with Crippen molar-refractivity contribution in [1.82, 2.24) is 9.78 Å². The van der Waals surface area contributed by atoms with E-state index in [1.165, 1.54) is 0 Å². The number of benzene rings is 1. The first-order valence-electron chi connectivity index (χ1n) is 4.53. The Labute approximate surface area is 85.6 Å². The summed E-state index contributed by atoms with van der Waals surface area (Å²) in [7, 11) is 0. The summed E-state index contributed by atoms with van der Waals surface area (Å²) < 4.78 is 1.57. The molecule has 0 fully saturated rings. The van der Waals surface area contributed by atoms with Crippen molar-refractivity contribution in [3.8, 4) is 5.75 Å². The Morgan fingerprint density at radius 3 is 3.00 bits per heavy atom. The van der Waals surface area contributed by atoms with Crippen LogP contribution in [-0.2, 0) is 11.3 Å². The number of aromatic hydroxyl groups is 1. The molecular weight excluding hydrogens is 196 g/mol. The van der Waals surface area contributed by atoms with Gasteiger partial charge in [-0.3, -0.25) is 9.48 Å². The number of carbonyl (C=O) groups is 1. The van der Waals surface area contributed by atoms with Gasteiger partial charge in [-0.05, 0) is 12.1 Å². The second-order valence-corrected chi connectivity index (χ2v) is 3.25. The SMILES string of the molecule is O=C(O)CCn1ncc2ccc(O)cc21. The smallest absolute Gasteiger partial charge is 0.305 e. The highest BCUT2D eigenvalue weighted by Gasteiger charge is 2.05. The van der Waals surface area contributed by atoms with E-state index in [-0.39, 0.29) is 12.2 Å². The lowest BCUT2D eigenvalue weighted by Crippen LogP contribution is -2.05. The minimum absolute atomic E-state index is 0.0203. The van der Waals surface area contributed by atoms with E-state index in [1.807, 2.05) is 0 Å². The van der Waals surface area contributed by atoms with Crippen LogP contribution in [0.4, 0.5) is 0 Å². The van der Waals surface area contributed by atoms with E-state index >= 15 is 0 Å². The number of aromatic nitrogens is 2. The first-order chi connectivity index (χ1) is 7.16. The summed E-state index contributed by atoms with van der Waals surface area (Å²) in [4.78, 5) is 10.4. The Morgan fingerprint density at radius 1 is 1.47 bits per heavy atom. The Balaban J connectivity index is 2.35. The molecule has 5 heteroatoms. The first kappa shape index (κ1) is 9.51.